The maximum atomic E-state index is 11.1. The van der Waals surface area contributed by atoms with Crippen LogP contribution in [-0.4, -0.2) is 59.9 Å². The van der Waals surface area contributed by atoms with Crippen molar-refractivity contribution in [2.24, 2.45) is 5.92 Å². The van der Waals surface area contributed by atoms with Crippen LogP contribution in [0.25, 0.3) is 22.4 Å². The largest absolute Gasteiger partial charge is 0.382 e. The molecule has 2 aliphatic heterocycles. The van der Waals surface area contributed by atoms with Crippen LogP contribution < -0.4 is 5.73 Å². The first-order valence-corrected chi connectivity index (χ1v) is 13.6. The number of carbonyl (C=O) groups is 1. The molecule has 0 radical (unpaired) electrons. The van der Waals surface area contributed by atoms with Gasteiger partial charge in [0.2, 0.25) is 6.41 Å². The second-order valence-electron chi connectivity index (χ2n) is 8.97. The summed E-state index contributed by atoms with van der Waals surface area (Å²) in [6, 6.07) is 6.55. The normalized spacial score (nSPS) is 16.2. The summed E-state index contributed by atoms with van der Waals surface area (Å²) < 4.78 is 2.18. The Balaban J connectivity index is 1.35. The fourth-order valence-electron chi connectivity index (χ4n) is 4.87. The van der Waals surface area contributed by atoms with Crippen molar-refractivity contribution in [2.75, 3.05) is 24.6 Å². The second-order valence-corrected chi connectivity index (χ2v) is 11.1. The summed E-state index contributed by atoms with van der Waals surface area (Å²) in [6.45, 7) is 2.45. The van der Waals surface area contributed by atoms with Gasteiger partial charge in [0.25, 0.3) is 0 Å². The average Bonchev–Trinajstić information content (AvgIpc) is 3.63. The van der Waals surface area contributed by atoms with Crippen molar-refractivity contribution in [1.82, 2.24) is 34.6 Å². The zero-order valence-electron chi connectivity index (χ0n) is 19.2. The number of H-pyrrole nitrogens is 1. The zero-order chi connectivity index (χ0) is 23.8. The van der Waals surface area contributed by atoms with E-state index in [-0.39, 0.29) is 0 Å². The lowest BCUT2D eigenvalue weighted by atomic mass is 9.94. The molecule has 11 heteroatoms. The van der Waals surface area contributed by atoms with E-state index < -0.39 is 0 Å². The van der Waals surface area contributed by atoms with E-state index in [0.29, 0.717) is 17.3 Å². The molecular weight excluding hydrogens is 480 g/mol. The maximum absolute atomic E-state index is 11.1. The number of hydrogen-bond acceptors (Lipinski definition) is 8. The Bertz CT molecular complexity index is 1360. The van der Waals surface area contributed by atoms with Gasteiger partial charge in [-0.15, -0.1) is 11.8 Å². The molecule has 4 aromatic rings. The molecule has 1 amide bonds. The SMILES string of the molecule is Nc1ncnc2c1nc(Sc1cc3c(cc1-c1cc[nH]n1)SCC3)n2CCC1CCN(C=O)CC1. The number of thioether (sulfide) groups is 1. The molecule has 2 aliphatic rings. The van der Waals surface area contributed by atoms with Crippen LogP contribution in [0.2, 0.25) is 0 Å². The average molecular weight is 507 g/mol. The van der Waals surface area contributed by atoms with Crippen molar-refractivity contribution in [3.8, 4) is 11.3 Å². The van der Waals surface area contributed by atoms with Gasteiger partial charge in [-0.25, -0.2) is 15.0 Å². The predicted octanol–water partition coefficient (Wildman–Crippen LogP) is 3.86. The minimum Gasteiger partial charge on any atom is -0.382 e. The van der Waals surface area contributed by atoms with E-state index in [9.17, 15) is 4.79 Å². The number of rotatable bonds is 7. The molecule has 1 aromatic carbocycles. The first-order valence-electron chi connectivity index (χ1n) is 11.8. The van der Waals surface area contributed by atoms with E-state index in [1.54, 1.807) is 11.8 Å². The zero-order valence-corrected chi connectivity index (χ0v) is 20.8. The third-order valence-electron chi connectivity index (χ3n) is 6.85. The molecule has 1 saturated heterocycles. The van der Waals surface area contributed by atoms with E-state index in [4.69, 9.17) is 10.7 Å². The van der Waals surface area contributed by atoms with Crippen LogP contribution in [0.5, 0.6) is 0 Å². The van der Waals surface area contributed by atoms with E-state index in [2.05, 4.69) is 36.9 Å². The highest BCUT2D eigenvalue weighted by Crippen LogP contribution is 2.43. The first-order chi connectivity index (χ1) is 17.2. The molecule has 3 aromatic heterocycles. The lowest BCUT2D eigenvalue weighted by molar-refractivity contribution is -0.119. The summed E-state index contributed by atoms with van der Waals surface area (Å²) in [4.78, 5) is 29.0. The molecule has 35 heavy (non-hydrogen) atoms. The number of imidazole rings is 1. The standard InChI is InChI=1S/C24H26N8OS2/c25-22-21-23(27-13-26-22)32(9-4-15-2-7-31(14-33)8-3-15)24(29-21)35-20-11-16-5-10-34-19(16)12-17(20)18-1-6-28-30-18/h1,6,11-15H,2-5,7-10H2,(H,28,30)(H2,25,26,27). The number of amides is 1. The summed E-state index contributed by atoms with van der Waals surface area (Å²) >= 11 is 3.54. The number of hydrogen-bond donors (Lipinski definition) is 2. The summed E-state index contributed by atoms with van der Waals surface area (Å²) in [5, 5.41) is 8.26. The quantitative estimate of drug-likeness (QED) is 0.363. The molecule has 3 N–H and O–H groups in total. The number of nitrogen functional groups attached to an aromatic ring is 1. The van der Waals surface area contributed by atoms with Crippen LogP contribution in [0.1, 0.15) is 24.8 Å². The van der Waals surface area contributed by atoms with Crippen LogP contribution >= 0.6 is 23.5 Å². The van der Waals surface area contributed by atoms with Gasteiger partial charge in [-0.05, 0) is 55.4 Å². The van der Waals surface area contributed by atoms with Crippen molar-refractivity contribution < 1.29 is 4.79 Å². The summed E-state index contributed by atoms with van der Waals surface area (Å²) in [5.41, 5.74) is 11.0. The highest BCUT2D eigenvalue weighted by molar-refractivity contribution is 8.00. The third-order valence-corrected chi connectivity index (χ3v) is 9.01. The van der Waals surface area contributed by atoms with Crippen molar-refractivity contribution in [3.05, 3.63) is 36.3 Å². The van der Waals surface area contributed by atoms with Gasteiger partial charge >= 0.3 is 0 Å². The maximum Gasteiger partial charge on any atom is 0.209 e. The molecule has 1 fully saturated rings. The lowest BCUT2D eigenvalue weighted by Crippen LogP contribution is -2.32. The topological polar surface area (TPSA) is 119 Å². The van der Waals surface area contributed by atoms with Crippen LogP contribution in [0.4, 0.5) is 5.82 Å². The lowest BCUT2D eigenvalue weighted by Gasteiger charge is -2.29. The number of fused-ring (bicyclic) bond motifs is 2. The van der Waals surface area contributed by atoms with Gasteiger partial charge in [-0.3, -0.25) is 9.89 Å². The van der Waals surface area contributed by atoms with Gasteiger partial charge in [0.05, 0.1) is 5.69 Å². The minimum absolute atomic E-state index is 0.396. The van der Waals surface area contributed by atoms with E-state index in [1.165, 1.54) is 16.8 Å². The summed E-state index contributed by atoms with van der Waals surface area (Å²) in [7, 11) is 0. The predicted molar refractivity (Wildman–Crippen MR) is 137 cm³/mol. The van der Waals surface area contributed by atoms with Crippen LogP contribution in [-0.2, 0) is 17.8 Å². The van der Waals surface area contributed by atoms with Crippen LogP contribution in [0.15, 0.2) is 45.7 Å². The Labute approximate surface area is 211 Å². The monoisotopic (exact) mass is 506 g/mol. The molecule has 0 unspecified atom stereocenters. The number of anilines is 1. The molecule has 6 rings (SSSR count). The number of nitrogens with one attached hydrogen (secondary N) is 1. The highest BCUT2D eigenvalue weighted by Gasteiger charge is 2.23. The van der Waals surface area contributed by atoms with Crippen molar-refractivity contribution >= 4 is 46.9 Å². The van der Waals surface area contributed by atoms with Gasteiger partial charge in [0.1, 0.15) is 6.33 Å². The van der Waals surface area contributed by atoms with E-state index in [0.717, 1.165) is 84.4 Å². The minimum atomic E-state index is 0.396. The van der Waals surface area contributed by atoms with Crippen LogP contribution in [0.3, 0.4) is 0 Å². The number of benzene rings is 1. The Morgan fingerprint density at radius 2 is 2.14 bits per heavy atom. The number of piperidine rings is 1. The van der Waals surface area contributed by atoms with E-state index in [1.807, 2.05) is 28.9 Å². The number of aromatic amines is 1. The van der Waals surface area contributed by atoms with Crippen LogP contribution in [0, 0.1) is 5.92 Å². The molecule has 0 aliphatic carbocycles. The van der Waals surface area contributed by atoms with Gasteiger partial charge in [-0.1, -0.05) is 11.8 Å². The number of aryl methyl sites for hydroxylation is 2. The number of carbonyl (C=O) groups excluding carboxylic acids is 1. The Morgan fingerprint density at radius 1 is 1.26 bits per heavy atom. The molecule has 0 bridgehead atoms. The summed E-state index contributed by atoms with van der Waals surface area (Å²) in [6.07, 6.45) is 8.44. The Hall–Kier alpha value is -3.05. The summed E-state index contributed by atoms with van der Waals surface area (Å²) in [5.74, 6) is 2.07. The van der Waals surface area contributed by atoms with Crippen molar-refractivity contribution in [3.63, 3.8) is 0 Å². The van der Waals surface area contributed by atoms with E-state index >= 15 is 0 Å². The van der Waals surface area contributed by atoms with Crippen molar-refractivity contribution in [1.29, 1.82) is 0 Å². The fraction of sp³-hybridized carbons (Fsp3) is 0.375. The molecule has 9 nitrogen and oxygen atoms in total. The number of nitrogens with zero attached hydrogens (tertiary/aromatic N) is 6. The van der Waals surface area contributed by atoms with Crippen molar-refractivity contribution in [2.45, 2.75) is 47.2 Å². The first kappa shape index (κ1) is 22.4. The fourth-order valence-corrected chi connectivity index (χ4v) is 7.05. The molecule has 0 saturated carbocycles. The highest BCUT2D eigenvalue weighted by atomic mass is 32.2. The molecule has 0 spiro atoms. The molecule has 0 atom stereocenters. The third kappa shape index (κ3) is 4.38. The van der Waals surface area contributed by atoms with Gasteiger partial charge in [0, 0.05) is 46.9 Å². The Morgan fingerprint density at radius 3 is 2.94 bits per heavy atom. The number of aromatic nitrogens is 6. The Kier molecular flexibility index (Phi) is 6.11. The second kappa shape index (κ2) is 9.54. The van der Waals surface area contributed by atoms with Gasteiger partial charge in [0.15, 0.2) is 22.1 Å². The molecule has 180 valence electrons. The smallest absolute Gasteiger partial charge is 0.209 e. The van der Waals surface area contributed by atoms with Gasteiger partial charge in [-0.2, -0.15) is 5.10 Å². The van der Waals surface area contributed by atoms with Gasteiger partial charge < -0.3 is 15.2 Å². The molecular formula is C24H26N8OS2. The number of nitrogens with two attached hydrogens (primary N) is 1. The number of likely N-dealkylation sites (tertiary alicyclic amines) is 1. The molecule has 5 heterocycles.